The molecule has 0 aromatic heterocycles. The Balaban J connectivity index is 1.71. The van der Waals surface area contributed by atoms with Gasteiger partial charge in [0.25, 0.3) is 5.91 Å². The van der Waals surface area contributed by atoms with E-state index in [-0.39, 0.29) is 24.8 Å². The molecule has 1 heterocycles. The number of amides is 1. The minimum absolute atomic E-state index is 0.00657. The van der Waals surface area contributed by atoms with Crippen LogP contribution in [0.15, 0.2) is 48.5 Å². The molecule has 6 heteroatoms. The molecule has 126 valence electrons. The second-order valence-electron chi connectivity index (χ2n) is 5.73. The fourth-order valence-electron chi connectivity index (χ4n) is 2.90. The fourth-order valence-corrected chi connectivity index (χ4v) is 2.90. The molecule has 3 rings (SSSR count). The Morgan fingerprint density at radius 2 is 2.00 bits per heavy atom. The standard InChI is InChI=1S/C18H17F2NO3/c19-13-5-3-4-12(8-13)16-9-14(22)10-21(16)18(23)11-24-17-7-2-1-6-15(17)20/h1-8,14,16,22H,9-11H2/t14-,16+/m0/s1. The third-order valence-electron chi connectivity index (χ3n) is 4.02. The molecule has 0 saturated carbocycles. The summed E-state index contributed by atoms with van der Waals surface area (Å²) in [5, 5.41) is 9.89. The molecule has 0 spiro atoms. The topological polar surface area (TPSA) is 49.8 Å². The number of carbonyl (C=O) groups is 1. The molecule has 2 aromatic rings. The van der Waals surface area contributed by atoms with Crippen LogP contribution in [0.3, 0.4) is 0 Å². The number of hydrogen-bond acceptors (Lipinski definition) is 3. The Bertz CT molecular complexity index is 738. The lowest BCUT2D eigenvalue weighted by atomic mass is 10.0. The average molecular weight is 333 g/mol. The Labute approximate surface area is 138 Å². The molecule has 1 aliphatic rings. The van der Waals surface area contributed by atoms with Gasteiger partial charge in [0, 0.05) is 6.54 Å². The number of nitrogens with zero attached hydrogens (tertiary/aromatic N) is 1. The second-order valence-corrected chi connectivity index (χ2v) is 5.73. The third-order valence-corrected chi connectivity index (χ3v) is 4.02. The molecular weight excluding hydrogens is 316 g/mol. The smallest absolute Gasteiger partial charge is 0.261 e. The molecule has 1 fully saturated rings. The van der Waals surface area contributed by atoms with E-state index in [0.717, 1.165) is 0 Å². The van der Waals surface area contributed by atoms with Gasteiger partial charge in [0.05, 0.1) is 12.1 Å². The maximum absolute atomic E-state index is 13.5. The largest absolute Gasteiger partial charge is 0.481 e. The van der Waals surface area contributed by atoms with Gasteiger partial charge in [-0.3, -0.25) is 4.79 Å². The van der Waals surface area contributed by atoms with Crippen molar-refractivity contribution in [3.63, 3.8) is 0 Å². The number of benzene rings is 2. The lowest BCUT2D eigenvalue weighted by Gasteiger charge is -2.25. The molecule has 0 bridgehead atoms. The van der Waals surface area contributed by atoms with Crippen LogP contribution in [0, 0.1) is 11.6 Å². The monoisotopic (exact) mass is 333 g/mol. The van der Waals surface area contributed by atoms with E-state index in [1.54, 1.807) is 18.2 Å². The maximum atomic E-state index is 13.5. The summed E-state index contributed by atoms with van der Waals surface area (Å²) in [5.41, 5.74) is 0.616. The van der Waals surface area contributed by atoms with E-state index in [1.165, 1.54) is 35.2 Å². The summed E-state index contributed by atoms with van der Waals surface area (Å²) in [5.74, 6) is -1.34. The van der Waals surface area contributed by atoms with E-state index in [2.05, 4.69) is 0 Å². The van der Waals surface area contributed by atoms with Gasteiger partial charge in [0.15, 0.2) is 18.2 Å². The molecule has 2 aromatic carbocycles. The summed E-state index contributed by atoms with van der Waals surface area (Å²) in [7, 11) is 0. The van der Waals surface area contributed by atoms with Crippen LogP contribution in [0.2, 0.25) is 0 Å². The third kappa shape index (κ3) is 3.54. The van der Waals surface area contributed by atoms with Gasteiger partial charge in [-0.15, -0.1) is 0 Å². The highest BCUT2D eigenvalue weighted by atomic mass is 19.1. The molecule has 0 aliphatic carbocycles. The number of aliphatic hydroxyl groups is 1. The molecular formula is C18H17F2NO3. The van der Waals surface area contributed by atoms with Gasteiger partial charge < -0.3 is 14.7 Å². The first-order valence-electron chi connectivity index (χ1n) is 7.65. The van der Waals surface area contributed by atoms with E-state index >= 15 is 0 Å². The van der Waals surface area contributed by atoms with Crippen molar-refractivity contribution < 1.29 is 23.4 Å². The van der Waals surface area contributed by atoms with Crippen LogP contribution in [0.5, 0.6) is 5.75 Å². The first-order chi connectivity index (χ1) is 11.5. The summed E-state index contributed by atoms with van der Waals surface area (Å²) >= 11 is 0. The first-order valence-corrected chi connectivity index (χ1v) is 7.65. The molecule has 0 radical (unpaired) electrons. The van der Waals surface area contributed by atoms with Gasteiger partial charge in [-0.05, 0) is 36.2 Å². The average Bonchev–Trinajstić information content (AvgIpc) is 2.96. The van der Waals surface area contributed by atoms with Crippen molar-refractivity contribution in [3.05, 3.63) is 65.7 Å². The van der Waals surface area contributed by atoms with E-state index in [9.17, 15) is 18.7 Å². The zero-order valence-electron chi connectivity index (χ0n) is 12.9. The molecule has 1 amide bonds. The number of halogens is 2. The summed E-state index contributed by atoms with van der Waals surface area (Å²) < 4.78 is 32.2. The summed E-state index contributed by atoms with van der Waals surface area (Å²) in [6, 6.07) is 11.3. The number of likely N-dealkylation sites (tertiary alicyclic amines) is 1. The van der Waals surface area contributed by atoms with Gasteiger partial charge in [0.2, 0.25) is 0 Å². The second kappa shape index (κ2) is 6.97. The van der Waals surface area contributed by atoms with E-state index < -0.39 is 23.8 Å². The molecule has 24 heavy (non-hydrogen) atoms. The highest BCUT2D eigenvalue weighted by Gasteiger charge is 2.35. The van der Waals surface area contributed by atoms with Crippen LogP contribution < -0.4 is 4.74 Å². The minimum Gasteiger partial charge on any atom is -0.481 e. The highest BCUT2D eigenvalue weighted by Crippen LogP contribution is 2.32. The number of para-hydroxylation sites is 1. The molecule has 4 nitrogen and oxygen atoms in total. The normalized spacial score (nSPS) is 20.2. The number of aliphatic hydroxyl groups excluding tert-OH is 1. The van der Waals surface area contributed by atoms with Crippen LogP contribution in [-0.4, -0.2) is 35.2 Å². The minimum atomic E-state index is -0.685. The van der Waals surface area contributed by atoms with Crippen molar-refractivity contribution in [3.8, 4) is 5.75 Å². The lowest BCUT2D eigenvalue weighted by molar-refractivity contribution is -0.134. The Kier molecular flexibility index (Phi) is 4.76. The number of β-amino-alcohol motifs (C(OH)–C–C–N with tert-alkyl or cyclic N) is 1. The van der Waals surface area contributed by atoms with Gasteiger partial charge >= 0.3 is 0 Å². The summed E-state index contributed by atoms with van der Waals surface area (Å²) in [6.07, 6.45) is -0.356. The van der Waals surface area contributed by atoms with E-state index in [0.29, 0.717) is 12.0 Å². The van der Waals surface area contributed by atoms with Crippen LogP contribution in [0.25, 0.3) is 0 Å². The predicted molar refractivity (Wildman–Crippen MR) is 83.4 cm³/mol. The predicted octanol–water partition coefficient (Wildman–Crippen LogP) is 2.68. The molecule has 0 unspecified atom stereocenters. The fraction of sp³-hybridized carbons (Fsp3) is 0.278. The van der Waals surface area contributed by atoms with E-state index in [1.807, 2.05) is 0 Å². The lowest BCUT2D eigenvalue weighted by Crippen LogP contribution is -2.35. The Morgan fingerprint density at radius 3 is 2.75 bits per heavy atom. The molecule has 1 aliphatic heterocycles. The van der Waals surface area contributed by atoms with Crippen molar-refractivity contribution >= 4 is 5.91 Å². The number of ether oxygens (including phenoxy) is 1. The van der Waals surface area contributed by atoms with Crippen molar-refractivity contribution in [1.82, 2.24) is 4.90 Å². The van der Waals surface area contributed by atoms with Crippen molar-refractivity contribution in [2.75, 3.05) is 13.2 Å². The quantitative estimate of drug-likeness (QED) is 0.936. The summed E-state index contributed by atoms with van der Waals surface area (Å²) in [4.78, 5) is 13.9. The number of carbonyl (C=O) groups excluding carboxylic acids is 1. The Hall–Kier alpha value is -2.47. The summed E-state index contributed by atoms with van der Waals surface area (Å²) in [6.45, 7) is -0.208. The van der Waals surface area contributed by atoms with Gasteiger partial charge in [0.1, 0.15) is 5.82 Å². The van der Waals surface area contributed by atoms with Crippen LogP contribution in [-0.2, 0) is 4.79 Å². The van der Waals surface area contributed by atoms with Crippen LogP contribution >= 0.6 is 0 Å². The molecule has 1 saturated heterocycles. The van der Waals surface area contributed by atoms with Gasteiger partial charge in [-0.25, -0.2) is 8.78 Å². The SMILES string of the molecule is O=C(COc1ccccc1F)N1C[C@@H](O)C[C@@H]1c1cccc(F)c1. The zero-order valence-corrected chi connectivity index (χ0v) is 12.9. The van der Waals surface area contributed by atoms with Crippen molar-refractivity contribution in [2.24, 2.45) is 0 Å². The van der Waals surface area contributed by atoms with Crippen molar-refractivity contribution in [2.45, 2.75) is 18.6 Å². The molecule has 1 N–H and O–H groups in total. The van der Waals surface area contributed by atoms with Gasteiger partial charge in [-0.2, -0.15) is 0 Å². The number of rotatable bonds is 4. The van der Waals surface area contributed by atoms with Crippen molar-refractivity contribution in [1.29, 1.82) is 0 Å². The number of hydrogen-bond donors (Lipinski definition) is 1. The zero-order chi connectivity index (χ0) is 17.1. The van der Waals surface area contributed by atoms with E-state index in [4.69, 9.17) is 4.74 Å². The van der Waals surface area contributed by atoms with Crippen LogP contribution in [0.4, 0.5) is 8.78 Å². The molecule has 2 atom stereocenters. The first kappa shape index (κ1) is 16.4. The van der Waals surface area contributed by atoms with Gasteiger partial charge in [-0.1, -0.05) is 24.3 Å². The van der Waals surface area contributed by atoms with Crippen LogP contribution in [0.1, 0.15) is 18.0 Å². The maximum Gasteiger partial charge on any atom is 0.261 e. The Morgan fingerprint density at radius 1 is 1.21 bits per heavy atom. The highest BCUT2D eigenvalue weighted by molar-refractivity contribution is 5.78.